The number of carbonyl (C=O) groups is 2. The number of hydrogen-bond acceptors (Lipinski definition) is 9. The normalized spacial score (nSPS) is 23.0. The number of para-hydroxylation sites is 1. The lowest BCUT2D eigenvalue weighted by Gasteiger charge is -2.43. The summed E-state index contributed by atoms with van der Waals surface area (Å²) in [5.74, 6) is -2.81. The summed E-state index contributed by atoms with van der Waals surface area (Å²) in [5.41, 5.74) is -1.61. The van der Waals surface area contributed by atoms with Gasteiger partial charge in [0.05, 0.1) is 30.1 Å². The highest BCUT2D eigenvalue weighted by molar-refractivity contribution is 6.13. The summed E-state index contributed by atoms with van der Waals surface area (Å²) in [7, 11) is 1.08. The van der Waals surface area contributed by atoms with Gasteiger partial charge in [0.25, 0.3) is 5.60 Å². The summed E-state index contributed by atoms with van der Waals surface area (Å²) in [5, 5.41) is 33.1. The number of ether oxygens (including phenoxy) is 2. The summed E-state index contributed by atoms with van der Waals surface area (Å²) in [4.78, 5) is 38.0. The molecule has 3 N–H and O–H groups in total. The van der Waals surface area contributed by atoms with Crippen LogP contribution in [-0.2, 0) is 20.9 Å². The highest BCUT2D eigenvalue weighted by atomic mass is 16.6. The van der Waals surface area contributed by atoms with Gasteiger partial charge in [0, 0.05) is 17.5 Å². The average molecular weight is 451 g/mol. The number of esters is 1. The molecule has 3 heterocycles. The number of Topliss-reactive ketones (excluding diaryl/α,β-unsaturated/α-hetero) is 1. The Kier molecular flexibility index (Phi) is 3.72. The highest BCUT2D eigenvalue weighted by Crippen LogP contribution is 2.54. The van der Waals surface area contributed by atoms with Gasteiger partial charge in [-0.25, -0.2) is 14.3 Å². The molecule has 3 aromatic rings. The molecule has 2 aliphatic heterocycles. The molecule has 10 heteroatoms. The molecule has 10 nitrogen and oxygen atoms in total. The lowest BCUT2D eigenvalue weighted by Crippen LogP contribution is -2.61. The molecule has 0 amide bonds. The van der Waals surface area contributed by atoms with Crippen molar-refractivity contribution in [1.82, 2.24) is 4.74 Å². The largest absolute Gasteiger partial charge is 0.507 e. The minimum absolute atomic E-state index is 0.0688. The number of aromatic hydroxyl groups is 1. The number of carbonyl (C=O) groups excluding carboxylic acids is 2. The Labute approximate surface area is 184 Å². The van der Waals surface area contributed by atoms with Crippen LogP contribution in [0, 0.1) is 0 Å². The number of nitrogens with zero attached hydrogens (tertiary/aromatic N) is 1. The standard InChI is InChI=1S/C23H17NO9/c1-31-22(30)23-14(27)6-5-12(25)17(23)19(28)16-13(26)7-9-8-24-18-10(15(9)20(16)32-23)3-2-4-11(18)21(29)33-24/h2-4,7,14,26-28H,5-6,8H2,1H3. The van der Waals surface area contributed by atoms with E-state index in [1.807, 2.05) is 0 Å². The second-order valence-electron chi connectivity index (χ2n) is 8.28. The molecule has 0 bridgehead atoms. The van der Waals surface area contributed by atoms with Crippen molar-refractivity contribution in [1.29, 1.82) is 0 Å². The zero-order chi connectivity index (χ0) is 23.2. The monoisotopic (exact) mass is 451 g/mol. The van der Waals surface area contributed by atoms with Crippen LogP contribution in [0.1, 0.15) is 24.0 Å². The smallest absolute Gasteiger partial charge is 0.365 e. The van der Waals surface area contributed by atoms with Crippen molar-refractivity contribution in [3.63, 3.8) is 0 Å². The molecule has 1 aromatic heterocycles. The van der Waals surface area contributed by atoms with Gasteiger partial charge in [-0.2, -0.15) is 0 Å². The minimum atomic E-state index is -2.30. The summed E-state index contributed by atoms with van der Waals surface area (Å²) in [6.07, 6.45) is -1.69. The molecule has 1 aliphatic carbocycles. The Morgan fingerprint density at radius 2 is 2.03 bits per heavy atom. The van der Waals surface area contributed by atoms with Crippen molar-refractivity contribution in [2.45, 2.75) is 31.1 Å². The van der Waals surface area contributed by atoms with E-state index in [0.717, 1.165) is 7.11 Å². The maximum atomic E-state index is 13.0. The molecule has 2 unspecified atom stereocenters. The molecule has 33 heavy (non-hydrogen) atoms. The van der Waals surface area contributed by atoms with Crippen molar-refractivity contribution in [3.8, 4) is 22.6 Å². The van der Waals surface area contributed by atoms with E-state index in [9.17, 15) is 29.7 Å². The first-order valence-corrected chi connectivity index (χ1v) is 10.2. The zero-order valence-corrected chi connectivity index (χ0v) is 17.2. The fourth-order valence-corrected chi connectivity index (χ4v) is 5.20. The molecule has 0 saturated heterocycles. The van der Waals surface area contributed by atoms with Gasteiger partial charge < -0.3 is 29.3 Å². The average Bonchev–Trinajstić information content (AvgIpc) is 3.11. The quantitative estimate of drug-likeness (QED) is 0.367. The second-order valence-corrected chi connectivity index (χ2v) is 8.28. The number of phenolic OH excluding ortho intramolecular Hbond substituents is 1. The molecular formula is C23H17NO9. The van der Waals surface area contributed by atoms with E-state index < -0.39 is 46.2 Å². The van der Waals surface area contributed by atoms with E-state index in [1.165, 1.54) is 10.8 Å². The third-order valence-corrected chi connectivity index (χ3v) is 6.61. The third kappa shape index (κ3) is 2.23. The summed E-state index contributed by atoms with van der Waals surface area (Å²) in [6, 6.07) is 6.34. The molecule has 1 fully saturated rings. The Balaban J connectivity index is 1.74. The maximum absolute atomic E-state index is 13.0. The predicted octanol–water partition coefficient (Wildman–Crippen LogP) is 1.63. The molecule has 168 valence electrons. The topological polar surface area (TPSA) is 148 Å². The van der Waals surface area contributed by atoms with Crippen LogP contribution in [0.3, 0.4) is 0 Å². The number of methoxy groups -OCH3 is 1. The van der Waals surface area contributed by atoms with Gasteiger partial charge in [-0.3, -0.25) is 4.79 Å². The summed E-state index contributed by atoms with van der Waals surface area (Å²) in [6.45, 7) is 0.0688. The summed E-state index contributed by atoms with van der Waals surface area (Å²) >= 11 is 0. The van der Waals surface area contributed by atoms with E-state index in [-0.39, 0.29) is 30.7 Å². The molecule has 3 aliphatic rings. The molecule has 0 spiro atoms. The fraction of sp³-hybridized carbons (Fsp3) is 0.261. The molecule has 1 saturated carbocycles. The van der Waals surface area contributed by atoms with Gasteiger partial charge in [0.2, 0.25) is 0 Å². The van der Waals surface area contributed by atoms with E-state index in [2.05, 4.69) is 0 Å². The number of phenols is 1. The van der Waals surface area contributed by atoms with Gasteiger partial charge in [-0.1, -0.05) is 12.1 Å². The number of rotatable bonds is 1. The number of hydrogen-bond donors (Lipinski definition) is 3. The molecule has 6 rings (SSSR count). The van der Waals surface area contributed by atoms with E-state index in [1.54, 1.807) is 18.2 Å². The fourth-order valence-electron chi connectivity index (χ4n) is 5.20. The van der Waals surface area contributed by atoms with Crippen LogP contribution in [-0.4, -0.2) is 50.6 Å². The van der Waals surface area contributed by atoms with Crippen molar-refractivity contribution >= 4 is 28.4 Å². The lowest BCUT2D eigenvalue weighted by atomic mass is 9.73. The number of fused-ring (bicyclic) bond motifs is 5. The van der Waals surface area contributed by atoms with E-state index >= 15 is 0 Å². The summed E-state index contributed by atoms with van der Waals surface area (Å²) < 4.78 is 17.7. The van der Waals surface area contributed by atoms with Gasteiger partial charge in [-0.05, 0) is 24.1 Å². The van der Waals surface area contributed by atoms with Crippen LogP contribution in [0.4, 0.5) is 0 Å². The van der Waals surface area contributed by atoms with Crippen LogP contribution in [0.25, 0.3) is 27.8 Å². The zero-order valence-electron chi connectivity index (χ0n) is 17.2. The van der Waals surface area contributed by atoms with E-state index in [4.69, 9.17) is 14.0 Å². The van der Waals surface area contributed by atoms with Crippen LogP contribution in [0.15, 0.2) is 39.2 Å². The maximum Gasteiger partial charge on any atom is 0.365 e. The highest BCUT2D eigenvalue weighted by Gasteiger charge is 2.61. The van der Waals surface area contributed by atoms with Crippen LogP contribution < -0.4 is 10.4 Å². The predicted molar refractivity (Wildman–Crippen MR) is 112 cm³/mol. The Morgan fingerprint density at radius 3 is 2.79 bits per heavy atom. The van der Waals surface area contributed by atoms with Gasteiger partial charge in [-0.15, -0.1) is 0 Å². The van der Waals surface area contributed by atoms with E-state index in [0.29, 0.717) is 27.6 Å². The molecular weight excluding hydrogens is 434 g/mol. The van der Waals surface area contributed by atoms with Crippen LogP contribution in [0.2, 0.25) is 0 Å². The van der Waals surface area contributed by atoms with Crippen molar-refractivity contribution < 1.29 is 38.9 Å². The SMILES string of the molecule is COC(=O)C12Oc3c(c(O)cc4c3-c3cccc5c(=O)on(c35)C4)C(O)=C1C(=O)CCC2O. The number of aromatic nitrogens is 1. The third-order valence-electron chi connectivity index (χ3n) is 6.61. The molecule has 2 atom stereocenters. The number of ketones is 1. The first-order valence-electron chi connectivity index (χ1n) is 10.2. The van der Waals surface area contributed by atoms with Crippen LogP contribution >= 0.6 is 0 Å². The Bertz CT molecular complexity index is 1510. The first kappa shape index (κ1) is 19.6. The minimum Gasteiger partial charge on any atom is -0.507 e. The molecule has 2 aromatic carbocycles. The van der Waals surface area contributed by atoms with Crippen LogP contribution in [0.5, 0.6) is 11.5 Å². The number of aliphatic hydroxyl groups excluding tert-OH is 2. The van der Waals surface area contributed by atoms with Crippen molar-refractivity contribution in [2.75, 3.05) is 7.11 Å². The second kappa shape index (κ2) is 6.26. The Hall–Kier alpha value is -4.05. The lowest BCUT2D eigenvalue weighted by molar-refractivity contribution is -0.169. The molecule has 0 radical (unpaired) electrons. The van der Waals surface area contributed by atoms with Gasteiger partial charge >= 0.3 is 11.6 Å². The van der Waals surface area contributed by atoms with Gasteiger partial charge in [0.15, 0.2) is 5.78 Å². The Morgan fingerprint density at radius 1 is 1.24 bits per heavy atom. The number of aliphatic hydroxyl groups is 2. The first-order chi connectivity index (χ1) is 15.8. The van der Waals surface area contributed by atoms with Crippen molar-refractivity contribution in [3.05, 3.63) is 51.4 Å². The van der Waals surface area contributed by atoms with Gasteiger partial charge in [0.1, 0.15) is 28.9 Å². The van der Waals surface area contributed by atoms with Crippen molar-refractivity contribution in [2.24, 2.45) is 0 Å². The number of benzene rings is 2.